The Morgan fingerprint density at radius 1 is 0.429 bits per heavy atom. The number of rotatable bonds is 8. The van der Waals surface area contributed by atoms with E-state index in [1.807, 2.05) is 11.3 Å². The lowest BCUT2D eigenvalue weighted by Crippen LogP contribution is -2.60. The molecule has 1 aliphatic carbocycles. The molecule has 12 aromatic rings. The Labute approximate surface area is 544 Å². The molecule has 3 heterocycles. The number of nitrogens with zero attached hydrogens (tertiary/aromatic N) is 3. The summed E-state index contributed by atoms with van der Waals surface area (Å²) in [6.07, 6.45) is 2.23. The van der Waals surface area contributed by atoms with E-state index in [-0.39, 0.29) is 33.8 Å². The SMILES string of the molecule is CC(C)(C)c1ccc(N(c2ccc3c(c2)N(c2ccc4c(c2-c2ccccc2)C(C)(C)CCC4(C)C)c2cccc4c2B3c2sc3ccc(-c5ccccc5)cc3c2N4c2ccc(C(C)(C)C)cc2)c2ccc(C(C)(C)C)cc2-c2ccc3ccccc3c2)cc1. The fraction of sp³-hybridized carbons (Fsp3) is 0.233. The number of thiophene rings is 1. The molecule has 11 aromatic carbocycles. The van der Waals surface area contributed by atoms with Crippen molar-refractivity contribution in [3.63, 3.8) is 0 Å². The van der Waals surface area contributed by atoms with Gasteiger partial charge in [0.05, 0.1) is 17.1 Å². The van der Waals surface area contributed by atoms with E-state index in [1.165, 1.54) is 126 Å². The third-order valence-electron chi connectivity index (χ3n) is 20.4. The molecule has 0 atom stereocenters. The molecule has 0 bridgehead atoms. The van der Waals surface area contributed by atoms with Crippen molar-refractivity contribution in [1.29, 1.82) is 0 Å². The molecule has 5 heteroatoms. The molecule has 0 amide bonds. The summed E-state index contributed by atoms with van der Waals surface area (Å²) in [6, 6.07) is 91.1. The molecule has 0 unspecified atom stereocenters. The first kappa shape index (κ1) is 58.5. The predicted molar refractivity (Wildman–Crippen MR) is 396 cm³/mol. The van der Waals surface area contributed by atoms with Gasteiger partial charge >= 0.3 is 0 Å². The van der Waals surface area contributed by atoms with Crippen LogP contribution in [0.2, 0.25) is 0 Å². The first-order valence-electron chi connectivity index (χ1n) is 32.9. The molecule has 2 aliphatic heterocycles. The topological polar surface area (TPSA) is 9.72 Å². The molecule has 0 spiro atoms. The smallest absolute Gasteiger partial charge is 0.264 e. The predicted octanol–water partition coefficient (Wildman–Crippen LogP) is 22.8. The number of benzene rings is 11. The zero-order chi connectivity index (χ0) is 63.1. The molecule has 1 aromatic heterocycles. The number of hydrogen-bond acceptors (Lipinski definition) is 4. The second kappa shape index (κ2) is 21.4. The van der Waals surface area contributed by atoms with Crippen LogP contribution in [0.1, 0.15) is 131 Å². The maximum atomic E-state index is 2.70. The van der Waals surface area contributed by atoms with E-state index in [4.69, 9.17) is 0 Å². The third-order valence-corrected chi connectivity index (χ3v) is 21.6. The van der Waals surface area contributed by atoms with E-state index < -0.39 is 0 Å². The maximum Gasteiger partial charge on any atom is 0.264 e. The van der Waals surface area contributed by atoms with Gasteiger partial charge in [-0.1, -0.05) is 242 Å². The van der Waals surface area contributed by atoms with Crippen molar-refractivity contribution in [2.24, 2.45) is 0 Å². The highest BCUT2D eigenvalue weighted by atomic mass is 32.1. The van der Waals surface area contributed by atoms with Crippen LogP contribution in [-0.2, 0) is 27.1 Å². The Hall–Kier alpha value is -8.90. The van der Waals surface area contributed by atoms with Crippen molar-refractivity contribution in [1.82, 2.24) is 0 Å². The quantitative estimate of drug-likeness (QED) is 0.140. The zero-order valence-corrected chi connectivity index (χ0v) is 56.1. The van der Waals surface area contributed by atoms with E-state index in [0.717, 1.165) is 35.6 Å². The molecule has 0 fully saturated rings. The van der Waals surface area contributed by atoms with E-state index >= 15 is 0 Å². The van der Waals surface area contributed by atoms with Crippen molar-refractivity contribution >= 4 is 106 Å². The van der Waals surface area contributed by atoms with Gasteiger partial charge in [0.25, 0.3) is 6.71 Å². The Morgan fingerprint density at radius 3 is 1.70 bits per heavy atom. The van der Waals surface area contributed by atoms with Gasteiger partial charge in [-0.2, -0.15) is 0 Å². The lowest BCUT2D eigenvalue weighted by atomic mass is 9.36. The summed E-state index contributed by atoms with van der Waals surface area (Å²) in [5.74, 6) is 0. The Morgan fingerprint density at radius 2 is 1.02 bits per heavy atom. The summed E-state index contributed by atoms with van der Waals surface area (Å²) >= 11 is 1.97. The fourth-order valence-electron chi connectivity index (χ4n) is 15.1. The van der Waals surface area contributed by atoms with Crippen LogP contribution < -0.4 is 30.4 Å². The molecule has 0 saturated carbocycles. The molecular weight excluding hydrogens is 1120 g/mol. The highest BCUT2D eigenvalue weighted by molar-refractivity contribution is 7.33. The van der Waals surface area contributed by atoms with Gasteiger partial charge in [-0.15, -0.1) is 11.3 Å². The highest BCUT2D eigenvalue weighted by Gasteiger charge is 2.47. The largest absolute Gasteiger partial charge is 0.311 e. The van der Waals surface area contributed by atoms with Gasteiger partial charge < -0.3 is 14.7 Å². The fourth-order valence-corrected chi connectivity index (χ4v) is 16.4. The number of fused-ring (bicyclic) bond motifs is 8. The van der Waals surface area contributed by atoms with Gasteiger partial charge in [0.15, 0.2) is 0 Å². The minimum absolute atomic E-state index is 0.000219. The maximum absolute atomic E-state index is 2.70. The first-order valence-corrected chi connectivity index (χ1v) is 33.7. The lowest BCUT2D eigenvalue weighted by Gasteiger charge is -2.46. The summed E-state index contributed by atoms with van der Waals surface area (Å²) in [6.45, 7) is 30.7. The van der Waals surface area contributed by atoms with Gasteiger partial charge in [0.2, 0.25) is 0 Å². The lowest BCUT2D eigenvalue weighted by molar-refractivity contribution is 0.333. The molecule has 0 radical (unpaired) electrons. The van der Waals surface area contributed by atoms with Crippen LogP contribution in [0.4, 0.5) is 51.2 Å². The van der Waals surface area contributed by atoms with Gasteiger partial charge in [-0.3, -0.25) is 0 Å². The zero-order valence-electron chi connectivity index (χ0n) is 55.3. The molecule has 15 rings (SSSR count). The van der Waals surface area contributed by atoms with E-state index in [2.05, 4.69) is 341 Å². The van der Waals surface area contributed by atoms with E-state index in [9.17, 15) is 0 Å². The summed E-state index contributed by atoms with van der Waals surface area (Å²) < 4.78 is 2.64. The third kappa shape index (κ3) is 9.93. The van der Waals surface area contributed by atoms with Crippen molar-refractivity contribution in [2.75, 3.05) is 14.7 Å². The summed E-state index contributed by atoms with van der Waals surface area (Å²) in [4.78, 5) is 7.89. The normalized spacial score (nSPS) is 14.9. The van der Waals surface area contributed by atoms with Crippen molar-refractivity contribution in [3.05, 3.63) is 264 Å². The second-order valence-corrected chi connectivity index (χ2v) is 31.5. The Bertz CT molecular complexity index is 4820. The highest BCUT2D eigenvalue weighted by Crippen LogP contribution is 2.56. The summed E-state index contributed by atoms with van der Waals surface area (Å²) in [7, 11) is 0. The average Bonchev–Trinajstić information content (AvgIpc) is 1.68. The van der Waals surface area contributed by atoms with E-state index in [1.54, 1.807) is 0 Å². The minimum Gasteiger partial charge on any atom is -0.311 e. The molecule has 0 N–H and O–H groups in total. The van der Waals surface area contributed by atoms with Crippen LogP contribution in [0, 0.1) is 0 Å². The van der Waals surface area contributed by atoms with Crippen LogP contribution in [0.15, 0.2) is 237 Å². The Kier molecular flexibility index (Phi) is 13.7. The van der Waals surface area contributed by atoms with Crippen LogP contribution in [0.3, 0.4) is 0 Å². The van der Waals surface area contributed by atoms with Gasteiger partial charge in [-0.05, 0) is 197 Å². The molecule has 0 saturated heterocycles. The van der Waals surface area contributed by atoms with Gasteiger partial charge in [0.1, 0.15) is 0 Å². The molecule has 91 heavy (non-hydrogen) atoms. The molecule has 3 nitrogen and oxygen atoms in total. The molecule has 3 aliphatic rings. The number of hydrogen-bond donors (Lipinski definition) is 0. The van der Waals surface area contributed by atoms with Crippen molar-refractivity contribution in [3.8, 4) is 33.4 Å². The standard InChI is InChI=1S/C86H82BN3S/c1-82(2,3)61-34-39-64(40-35-61)88(71-46-38-63(84(7,8)9)53-67(71)60-32-31-56-25-20-21-28-58(56)51-60)66-43-45-70-75(54-66)90(72-47-44-69-78(77(72)57-26-18-15-19-27-57)86(12,13)50-49-85(69,10)11)74-30-22-29-73-79(74)87(70)81-80(89(73)65-41-36-62(37-42-65)83(4,5)6)68-52-59(33-48-76(68)91-81)55-23-16-14-17-24-55/h14-48,51-54H,49-50H2,1-13H3. The first-order chi connectivity index (χ1) is 43.5. The Balaban J connectivity index is 1.05. The van der Waals surface area contributed by atoms with Crippen LogP contribution in [0.5, 0.6) is 0 Å². The number of anilines is 9. The molecule has 450 valence electrons. The summed E-state index contributed by atoms with van der Waals surface area (Å²) in [5, 5.41) is 3.74. The van der Waals surface area contributed by atoms with E-state index in [0.29, 0.717) is 0 Å². The van der Waals surface area contributed by atoms with Crippen molar-refractivity contribution < 1.29 is 0 Å². The van der Waals surface area contributed by atoms with Gasteiger partial charge in [0, 0.05) is 60.1 Å². The van der Waals surface area contributed by atoms with Crippen molar-refractivity contribution in [2.45, 2.75) is 130 Å². The van der Waals surface area contributed by atoms with Gasteiger partial charge in [-0.25, -0.2) is 0 Å². The van der Waals surface area contributed by atoms with Crippen LogP contribution in [0.25, 0.3) is 54.2 Å². The van der Waals surface area contributed by atoms with Crippen LogP contribution in [-0.4, -0.2) is 6.71 Å². The summed E-state index contributed by atoms with van der Waals surface area (Å²) in [5.41, 5.74) is 27.2. The monoisotopic (exact) mass is 1200 g/mol. The minimum atomic E-state index is -0.0971. The molecular formula is C86H82BN3S. The van der Waals surface area contributed by atoms with Crippen LogP contribution >= 0.6 is 11.3 Å². The average molecular weight is 1200 g/mol. The second-order valence-electron chi connectivity index (χ2n) is 30.4.